The minimum Gasteiger partial charge on any atom is -0.459 e. The van der Waals surface area contributed by atoms with Crippen molar-refractivity contribution < 1.29 is 29.3 Å². The molecule has 1 aliphatic heterocycles. The number of carbonyl (C=O) groups is 2. The largest absolute Gasteiger partial charge is 0.459 e. The highest BCUT2D eigenvalue weighted by Crippen LogP contribution is 2.35. The number of aliphatic imine (C=N–C) groups is 1. The molecule has 1 rings (SSSR count). The highest BCUT2D eigenvalue weighted by molar-refractivity contribution is 5.99. The van der Waals surface area contributed by atoms with Gasteiger partial charge in [-0.2, -0.15) is 0 Å². The van der Waals surface area contributed by atoms with Crippen LogP contribution in [0.25, 0.3) is 0 Å². The van der Waals surface area contributed by atoms with Gasteiger partial charge in [0.1, 0.15) is 23.4 Å². The zero-order chi connectivity index (χ0) is 25.7. The maximum Gasteiger partial charge on any atom is 0.316 e. The van der Waals surface area contributed by atoms with Gasteiger partial charge in [-0.15, -0.1) is 0 Å². The number of carbonyl (C=O) groups excluding carboxylic acids is 2. The molecule has 33 heavy (non-hydrogen) atoms. The number of nitrogens with zero attached hydrogens (tertiary/aromatic N) is 1. The Kier molecular flexibility index (Phi) is 10.7. The quantitative estimate of drug-likeness (QED) is 0.479. The number of methoxy groups -OCH3 is 1. The number of Topliss-reactive ketones (excluding diaryl/α,β-unsaturated/α-hetero) is 1. The van der Waals surface area contributed by atoms with E-state index in [9.17, 15) is 19.8 Å². The Morgan fingerprint density at radius 3 is 2.15 bits per heavy atom. The van der Waals surface area contributed by atoms with Crippen LogP contribution in [-0.4, -0.2) is 64.7 Å². The zero-order valence-electron chi connectivity index (χ0n) is 22.3. The van der Waals surface area contributed by atoms with Crippen LogP contribution in [0.5, 0.6) is 0 Å². The lowest BCUT2D eigenvalue weighted by atomic mass is 9.75. The lowest BCUT2D eigenvalue weighted by molar-refractivity contribution is -0.186. The van der Waals surface area contributed by atoms with Crippen molar-refractivity contribution >= 4 is 17.5 Å². The molecule has 0 aromatic heterocycles. The van der Waals surface area contributed by atoms with E-state index in [1.807, 2.05) is 27.7 Å². The van der Waals surface area contributed by atoms with Gasteiger partial charge in [-0.25, -0.2) is 0 Å². The Bertz CT molecular complexity index is 703. The van der Waals surface area contributed by atoms with Crippen LogP contribution >= 0.6 is 0 Å². The Hall–Kier alpha value is -1.31. The van der Waals surface area contributed by atoms with E-state index in [1.165, 1.54) is 13.8 Å². The molecular weight excluding hydrogens is 422 g/mol. The number of hydrogen-bond acceptors (Lipinski definition) is 7. The zero-order valence-corrected chi connectivity index (χ0v) is 22.3. The normalized spacial score (nSPS) is 41.2. The molecule has 2 unspecified atom stereocenters. The third-order valence-corrected chi connectivity index (χ3v) is 7.20. The fraction of sp³-hybridized carbons (Fsp3) is 0.885. The highest BCUT2D eigenvalue weighted by atomic mass is 16.6. The van der Waals surface area contributed by atoms with E-state index >= 15 is 0 Å². The van der Waals surface area contributed by atoms with Gasteiger partial charge in [0.05, 0.1) is 11.7 Å². The van der Waals surface area contributed by atoms with Gasteiger partial charge in [0.25, 0.3) is 0 Å². The molecular formula is C26H47NO6. The molecule has 0 spiro atoms. The summed E-state index contributed by atoms with van der Waals surface area (Å²) in [5, 5.41) is 22.6. The predicted octanol–water partition coefficient (Wildman–Crippen LogP) is 3.83. The first-order valence-corrected chi connectivity index (χ1v) is 12.3. The third kappa shape index (κ3) is 7.33. The molecule has 0 bridgehead atoms. The Labute approximate surface area is 200 Å². The van der Waals surface area contributed by atoms with Crippen molar-refractivity contribution in [2.24, 2.45) is 34.6 Å². The third-order valence-electron chi connectivity index (χ3n) is 7.20. The van der Waals surface area contributed by atoms with E-state index in [0.29, 0.717) is 31.7 Å². The van der Waals surface area contributed by atoms with E-state index in [2.05, 4.69) is 13.8 Å². The average Bonchev–Trinajstić information content (AvgIpc) is 2.74. The molecule has 0 aliphatic carbocycles. The summed E-state index contributed by atoms with van der Waals surface area (Å²) in [5.74, 6) is -2.47. The molecule has 7 nitrogen and oxygen atoms in total. The Morgan fingerprint density at radius 2 is 1.67 bits per heavy atom. The first-order valence-electron chi connectivity index (χ1n) is 12.3. The molecule has 0 aromatic carbocycles. The van der Waals surface area contributed by atoms with Crippen molar-refractivity contribution in [1.82, 2.24) is 0 Å². The highest BCUT2D eigenvalue weighted by Gasteiger charge is 2.46. The summed E-state index contributed by atoms with van der Waals surface area (Å²) in [6, 6.07) is 0. The minimum atomic E-state index is -1.72. The molecule has 0 aromatic rings. The van der Waals surface area contributed by atoms with Crippen LogP contribution in [0.1, 0.15) is 81.6 Å². The van der Waals surface area contributed by atoms with Crippen molar-refractivity contribution in [3.8, 4) is 0 Å². The van der Waals surface area contributed by atoms with Crippen LogP contribution in [0, 0.1) is 29.6 Å². The maximum atomic E-state index is 13.0. The maximum absolute atomic E-state index is 13.0. The fourth-order valence-electron chi connectivity index (χ4n) is 5.05. The van der Waals surface area contributed by atoms with Gasteiger partial charge < -0.3 is 19.7 Å². The van der Waals surface area contributed by atoms with Gasteiger partial charge in [-0.1, -0.05) is 41.5 Å². The van der Waals surface area contributed by atoms with Crippen LogP contribution in [0.4, 0.5) is 0 Å². The smallest absolute Gasteiger partial charge is 0.316 e. The molecule has 0 amide bonds. The summed E-state index contributed by atoms with van der Waals surface area (Å²) in [7, 11) is 1.63. The minimum absolute atomic E-state index is 0.0561. The SMILES string of the molecule is CC[C@H]1OC(=O)[C@H](C)C(=O)[C@H](C)C[C@](C)(OC)C[C@@H](C)C(=NCC(C)C)C(C)C(O)[C@]1(C)O. The summed E-state index contributed by atoms with van der Waals surface area (Å²) < 4.78 is 11.5. The summed E-state index contributed by atoms with van der Waals surface area (Å²) in [4.78, 5) is 30.7. The van der Waals surface area contributed by atoms with Crippen LogP contribution in [0.2, 0.25) is 0 Å². The number of esters is 1. The van der Waals surface area contributed by atoms with Gasteiger partial charge in [0.2, 0.25) is 0 Å². The molecule has 7 heteroatoms. The monoisotopic (exact) mass is 469 g/mol. The van der Waals surface area contributed by atoms with Gasteiger partial charge >= 0.3 is 5.97 Å². The number of ether oxygens (including phenoxy) is 2. The summed E-state index contributed by atoms with van der Waals surface area (Å²) in [5.41, 5.74) is -1.55. The van der Waals surface area contributed by atoms with Crippen molar-refractivity contribution in [2.75, 3.05) is 13.7 Å². The number of aliphatic hydroxyl groups excluding tert-OH is 1. The average molecular weight is 470 g/mol. The summed E-state index contributed by atoms with van der Waals surface area (Å²) in [6.45, 7) is 17.2. The molecule has 1 fully saturated rings. The second kappa shape index (κ2) is 11.9. The van der Waals surface area contributed by atoms with E-state index in [-0.39, 0.29) is 11.7 Å². The van der Waals surface area contributed by atoms with Crippen molar-refractivity contribution in [1.29, 1.82) is 0 Å². The van der Waals surface area contributed by atoms with E-state index in [0.717, 1.165) is 5.71 Å². The molecule has 0 radical (unpaired) electrons. The Morgan fingerprint density at radius 1 is 1.12 bits per heavy atom. The first-order chi connectivity index (χ1) is 15.1. The van der Waals surface area contributed by atoms with Crippen LogP contribution < -0.4 is 0 Å². The van der Waals surface area contributed by atoms with E-state index in [4.69, 9.17) is 14.5 Å². The van der Waals surface area contributed by atoms with Crippen LogP contribution in [0.15, 0.2) is 4.99 Å². The van der Waals surface area contributed by atoms with Crippen LogP contribution in [0.3, 0.4) is 0 Å². The van der Waals surface area contributed by atoms with Crippen molar-refractivity contribution in [3.63, 3.8) is 0 Å². The first kappa shape index (κ1) is 29.7. The second-order valence-electron chi connectivity index (χ2n) is 10.9. The molecule has 192 valence electrons. The van der Waals surface area contributed by atoms with Gasteiger partial charge in [-0.3, -0.25) is 14.6 Å². The number of ketones is 1. The van der Waals surface area contributed by atoms with Crippen molar-refractivity contribution in [2.45, 2.75) is 105 Å². The molecule has 0 saturated carbocycles. The fourth-order valence-corrected chi connectivity index (χ4v) is 5.05. The predicted molar refractivity (Wildman–Crippen MR) is 130 cm³/mol. The molecule has 1 saturated heterocycles. The number of cyclic esters (lactones) is 1. The summed E-state index contributed by atoms with van der Waals surface area (Å²) >= 11 is 0. The van der Waals surface area contributed by atoms with Crippen molar-refractivity contribution in [3.05, 3.63) is 0 Å². The molecule has 1 aliphatic rings. The second-order valence-corrected chi connectivity index (χ2v) is 10.9. The number of aliphatic hydroxyl groups is 2. The summed E-state index contributed by atoms with van der Waals surface area (Å²) in [6.07, 6.45) is -0.831. The molecule has 2 N–H and O–H groups in total. The topological polar surface area (TPSA) is 105 Å². The lowest BCUT2D eigenvalue weighted by Gasteiger charge is -2.41. The van der Waals surface area contributed by atoms with Gasteiger partial charge in [0, 0.05) is 31.2 Å². The Balaban J connectivity index is 3.58. The van der Waals surface area contributed by atoms with Gasteiger partial charge in [0.15, 0.2) is 0 Å². The van der Waals surface area contributed by atoms with Crippen LogP contribution in [-0.2, 0) is 19.1 Å². The standard InChI is InChI=1S/C26H47NO6/c1-11-20-26(9,31)23(29)18(6)21(27-14-15(2)3)16(4)12-25(8,32-10)13-17(5)22(28)19(7)24(30)33-20/h15-20,23,29,31H,11-14H2,1-10H3/t16-,17-,18?,19-,20-,23?,25-,26-/m1/s1. The lowest BCUT2D eigenvalue weighted by Crippen LogP contribution is -2.56. The molecule has 1 heterocycles. The van der Waals surface area contributed by atoms with E-state index < -0.39 is 47.1 Å². The van der Waals surface area contributed by atoms with Gasteiger partial charge in [-0.05, 0) is 51.9 Å². The molecule has 8 atom stereocenters. The number of hydrogen-bond donors (Lipinski definition) is 2. The number of rotatable bonds is 4. The van der Waals surface area contributed by atoms with E-state index in [1.54, 1.807) is 14.0 Å².